The standard InChI is InChI=1S/C14H26N2O/c1-11(2)15-9-3-4-13(17)16-10-14(7-8-14)12-5-6-12/h11-12,15H,3-10H2,1-2H3,(H,16,17). The van der Waals surface area contributed by atoms with Crippen molar-refractivity contribution < 1.29 is 4.79 Å². The fourth-order valence-electron chi connectivity index (χ4n) is 2.59. The Hall–Kier alpha value is -0.570. The van der Waals surface area contributed by atoms with Crippen LogP contribution < -0.4 is 10.6 Å². The van der Waals surface area contributed by atoms with Crippen molar-refractivity contribution >= 4 is 5.91 Å². The largest absolute Gasteiger partial charge is 0.356 e. The average Bonchev–Trinajstić information content (AvgIpc) is 3.14. The van der Waals surface area contributed by atoms with E-state index in [0.717, 1.165) is 25.4 Å². The highest BCUT2D eigenvalue weighted by atomic mass is 16.1. The van der Waals surface area contributed by atoms with E-state index in [4.69, 9.17) is 0 Å². The molecule has 17 heavy (non-hydrogen) atoms. The zero-order valence-electron chi connectivity index (χ0n) is 11.2. The van der Waals surface area contributed by atoms with Crippen LogP contribution in [0.4, 0.5) is 0 Å². The van der Waals surface area contributed by atoms with Crippen LogP contribution in [0.5, 0.6) is 0 Å². The Kier molecular flexibility index (Phi) is 4.08. The van der Waals surface area contributed by atoms with Gasteiger partial charge in [-0.1, -0.05) is 13.8 Å². The number of carbonyl (C=O) groups is 1. The molecule has 0 saturated heterocycles. The van der Waals surface area contributed by atoms with Crippen LogP contribution in [-0.4, -0.2) is 25.0 Å². The van der Waals surface area contributed by atoms with Crippen LogP contribution in [0.2, 0.25) is 0 Å². The van der Waals surface area contributed by atoms with Crippen molar-refractivity contribution in [2.45, 2.75) is 58.4 Å². The molecule has 0 spiro atoms. The third-order valence-electron chi connectivity index (χ3n) is 4.11. The molecular formula is C14H26N2O. The van der Waals surface area contributed by atoms with E-state index in [1.54, 1.807) is 0 Å². The lowest BCUT2D eigenvalue weighted by Gasteiger charge is -2.15. The average molecular weight is 238 g/mol. The van der Waals surface area contributed by atoms with Gasteiger partial charge in [0.25, 0.3) is 0 Å². The summed E-state index contributed by atoms with van der Waals surface area (Å²) < 4.78 is 0. The van der Waals surface area contributed by atoms with Crippen LogP contribution in [0.1, 0.15) is 52.4 Å². The summed E-state index contributed by atoms with van der Waals surface area (Å²) in [5.74, 6) is 1.17. The minimum atomic E-state index is 0.238. The number of nitrogens with one attached hydrogen (secondary N) is 2. The molecule has 0 unspecified atom stereocenters. The molecule has 0 aromatic carbocycles. The van der Waals surface area contributed by atoms with E-state index in [9.17, 15) is 4.79 Å². The molecule has 2 N–H and O–H groups in total. The molecule has 0 aliphatic heterocycles. The van der Waals surface area contributed by atoms with E-state index in [1.807, 2.05) is 0 Å². The maximum Gasteiger partial charge on any atom is 0.220 e. The van der Waals surface area contributed by atoms with Gasteiger partial charge in [0.15, 0.2) is 0 Å². The molecule has 0 aromatic heterocycles. The van der Waals surface area contributed by atoms with Gasteiger partial charge in [-0.2, -0.15) is 0 Å². The minimum Gasteiger partial charge on any atom is -0.356 e. The van der Waals surface area contributed by atoms with Crippen LogP contribution in [0.25, 0.3) is 0 Å². The predicted molar refractivity (Wildman–Crippen MR) is 69.8 cm³/mol. The van der Waals surface area contributed by atoms with Crippen molar-refractivity contribution in [3.05, 3.63) is 0 Å². The maximum atomic E-state index is 11.7. The van der Waals surface area contributed by atoms with E-state index >= 15 is 0 Å². The molecular weight excluding hydrogens is 212 g/mol. The van der Waals surface area contributed by atoms with Crippen LogP contribution in [-0.2, 0) is 4.79 Å². The zero-order chi connectivity index (χ0) is 12.3. The number of rotatable bonds is 8. The predicted octanol–water partition coefficient (Wildman–Crippen LogP) is 2.07. The van der Waals surface area contributed by atoms with Crippen molar-refractivity contribution in [2.75, 3.05) is 13.1 Å². The summed E-state index contributed by atoms with van der Waals surface area (Å²) in [5.41, 5.74) is 0.534. The van der Waals surface area contributed by atoms with Crippen LogP contribution in [0.3, 0.4) is 0 Å². The van der Waals surface area contributed by atoms with Gasteiger partial charge in [-0.3, -0.25) is 4.79 Å². The Morgan fingerprint density at radius 1 is 1.35 bits per heavy atom. The smallest absolute Gasteiger partial charge is 0.220 e. The summed E-state index contributed by atoms with van der Waals surface area (Å²) in [6.07, 6.45) is 7.09. The third kappa shape index (κ3) is 3.98. The molecule has 3 nitrogen and oxygen atoms in total. The van der Waals surface area contributed by atoms with Crippen molar-refractivity contribution in [3.63, 3.8) is 0 Å². The van der Waals surface area contributed by atoms with Gasteiger partial charge in [-0.05, 0) is 50.0 Å². The molecule has 3 heteroatoms. The molecule has 0 bridgehead atoms. The lowest BCUT2D eigenvalue weighted by molar-refractivity contribution is -0.121. The van der Waals surface area contributed by atoms with Gasteiger partial charge in [-0.15, -0.1) is 0 Å². The molecule has 98 valence electrons. The summed E-state index contributed by atoms with van der Waals surface area (Å²) in [7, 11) is 0. The fraction of sp³-hybridized carbons (Fsp3) is 0.929. The first kappa shape index (κ1) is 12.9. The topological polar surface area (TPSA) is 41.1 Å². The zero-order valence-corrected chi connectivity index (χ0v) is 11.2. The molecule has 0 radical (unpaired) electrons. The van der Waals surface area contributed by atoms with Gasteiger partial charge in [0.2, 0.25) is 5.91 Å². The van der Waals surface area contributed by atoms with Crippen molar-refractivity contribution in [1.29, 1.82) is 0 Å². The Morgan fingerprint density at radius 3 is 2.59 bits per heavy atom. The number of hydrogen-bond donors (Lipinski definition) is 2. The molecule has 2 saturated carbocycles. The summed E-state index contributed by atoms with van der Waals surface area (Å²) in [6.45, 7) is 6.14. The second kappa shape index (κ2) is 5.38. The Balaban J connectivity index is 1.52. The van der Waals surface area contributed by atoms with Gasteiger partial charge >= 0.3 is 0 Å². The van der Waals surface area contributed by atoms with Crippen molar-refractivity contribution in [1.82, 2.24) is 10.6 Å². The van der Waals surface area contributed by atoms with Crippen LogP contribution in [0, 0.1) is 11.3 Å². The first-order valence-electron chi connectivity index (χ1n) is 7.12. The van der Waals surface area contributed by atoms with Crippen LogP contribution in [0.15, 0.2) is 0 Å². The van der Waals surface area contributed by atoms with E-state index < -0.39 is 0 Å². The minimum absolute atomic E-state index is 0.238. The number of hydrogen-bond acceptors (Lipinski definition) is 2. The maximum absolute atomic E-state index is 11.7. The Bertz CT molecular complexity index is 267. The summed E-state index contributed by atoms with van der Waals surface area (Å²) in [5, 5.41) is 6.46. The van der Waals surface area contributed by atoms with E-state index in [1.165, 1.54) is 25.7 Å². The monoisotopic (exact) mass is 238 g/mol. The molecule has 2 aliphatic rings. The molecule has 2 rings (SSSR count). The normalized spacial score (nSPS) is 21.6. The molecule has 0 heterocycles. The SMILES string of the molecule is CC(C)NCCCC(=O)NCC1(C2CC2)CC1. The van der Waals surface area contributed by atoms with E-state index in [-0.39, 0.29) is 5.91 Å². The first-order chi connectivity index (χ1) is 8.12. The summed E-state index contributed by atoms with van der Waals surface area (Å²) in [6, 6.07) is 0.516. The highest BCUT2D eigenvalue weighted by molar-refractivity contribution is 5.75. The molecule has 2 aliphatic carbocycles. The Morgan fingerprint density at radius 2 is 2.06 bits per heavy atom. The van der Waals surface area contributed by atoms with Gasteiger partial charge in [0.05, 0.1) is 0 Å². The van der Waals surface area contributed by atoms with E-state index in [0.29, 0.717) is 17.9 Å². The lowest BCUT2D eigenvalue weighted by Crippen LogP contribution is -2.32. The van der Waals surface area contributed by atoms with Crippen molar-refractivity contribution in [2.24, 2.45) is 11.3 Å². The number of amides is 1. The molecule has 1 amide bonds. The van der Waals surface area contributed by atoms with Crippen LogP contribution >= 0.6 is 0 Å². The van der Waals surface area contributed by atoms with Gasteiger partial charge < -0.3 is 10.6 Å². The second-order valence-corrected chi connectivity index (χ2v) is 6.13. The highest BCUT2D eigenvalue weighted by Crippen LogP contribution is 2.60. The van der Waals surface area contributed by atoms with Gasteiger partial charge in [0, 0.05) is 19.0 Å². The quantitative estimate of drug-likeness (QED) is 0.636. The number of carbonyl (C=O) groups excluding carboxylic acids is 1. The fourth-order valence-corrected chi connectivity index (χ4v) is 2.59. The third-order valence-corrected chi connectivity index (χ3v) is 4.11. The molecule has 0 atom stereocenters. The first-order valence-corrected chi connectivity index (χ1v) is 7.12. The molecule has 2 fully saturated rings. The second-order valence-electron chi connectivity index (χ2n) is 6.13. The lowest BCUT2D eigenvalue weighted by atomic mass is 10.0. The Labute approximate surface area is 105 Å². The van der Waals surface area contributed by atoms with Gasteiger partial charge in [-0.25, -0.2) is 0 Å². The molecule has 0 aromatic rings. The van der Waals surface area contributed by atoms with E-state index in [2.05, 4.69) is 24.5 Å². The van der Waals surface area contributed by atoms with Crippen molar-refractivity contribution in [3.8, 4) is 0 Å². The summed E-state index contributed by atoms with van der Waals surface area (Å²) in [4.78, 5) is 11.7. The summed E-state index contributed by atoms with van der Waals surface area (Å²) >= 11 is 0. The van der Waals surface area contributed by atoms with Gasteiger partial charge in [0.1, 0.15) is 0 Å². The highest BCUT2D eigenvalue weighted by Gasteiger charge is 2.53.